The molecule has 0 aliphatic carbocycles. The normalized spacial score (nSPS) is 12.7. The number of nitrogens with zero attached hydrogens (tertiary/aromatic N) is 2. The average Bonchev–Trinajstić information content (AvgIpc) is 2.74. The fraction of sp³-hybridized carbons (Fsp3) is 0.429. The first kappa shape index (κ1) is 14.6. The molecule has 0 radical (unpaired) electrons. The molecule has 0 fully saturated rings. The number of hydrogen-bond donors (Lipinski definition) is 0. The minimum atomic E-state index is -4.38. The quantitative estimate of drug-likeness (QED) is 0.823. The lowest BCUT2D eigenvalue weighted by Gasteiger charge is -2.14. The van der Waals surface area contributed by atoms with E-state index in [-0.39, 0.29) is 16.9 Å². The van der Waals surface area contributed by atoms with Crippen LogP contribution in [0.25, 0.3) is 11.5 Å². The van der Waals surface area contributed by atoms with Crippen molar-refractivity contribution in [2.45, 2.75) is 33.4 Å². The third-order valence-corrected chi connectivity index (χ3v) is 2.59. The number of hydrogen-bond acceptors (Lipinski definition) is 3. The predicted molar refractivity (Wildman–Crippen MR) is 67.9 cm³/mol. The van der Waals surface area contributed by atoms with Crippen molar-refractivity contribution >= 4 is 0 Å². The Labute approximate surface area is 114 Å². The summed E-state index contributed by atoms with van der Waals surface area (Å²) >= 11 is 0. The van der Waals surface area contributed by atoms with Gasteiger partial charge in [-0.2, -0.15) is 18.2 Å². The third kappa shape index (κ3) is 3.59. The van der Waals surface area contributed by atoms with E-state index < -0.39 is 11.7 Å². The minimum Gasteiger partial charge on any atom is -0.334 e. The summed E-state index contributed by atoms with van der Waals surface area (Å²) in [6.07, 6.45) is -3.79. The van der Waals surface area contributed by atoms with Gasteiger partial charge >= 0.3 is 6.18 Å². The molecule has 2 rings (SSSR count). The van der Waals surface area contributed by atoms with E-state index in [1.54, 1.807) is 0 Å². The fourth-order valence-corrected chi connectivity index (χ4v) is 1.75. The number of aromatic nitrogens is 2. The molecule has 20 heavy (non-hydrogen) atoms. The molecule has 3 nitrogen and oxygen atoms in total. The molecular formula is C14H15F3N2O. The second-order valence-electron chi connectivity index (χ2n) is 5.83. The van der Waals surface area contributed by atoms with Gasteiger partial charge in [-0.25, -0.2) is 0 Å². The minimum absolute atomic E-state index is 0.0189. The molecule has 2 aromatic rings. The molecule has 0 aliphatic rings. The standard InChI is InChI=1S/C14H15F3N2O/c1-13(2,3)8-11-18-12(20-19-11)9-5-4-6-10(7-9)14(15,16)17/h4-7H,8H2,1-3H3. The van der Waals surface area contributed by atoms with Crippen molar-refractivity contribution in [3.05, 3.63) is 35.7 Å². The van der Waals surface area contributed by atoms with Crippen molar-refractivity contribution in [2.75, 3.05) is 0 Å². The van der Waals surface area contributed by atoms with E-state index in [0.717, 1.165) is 12.1 Å². The van der Waals surface area contributed by atoms with Crippen LogP contribution in [-0.4, -0.2) is 10.1 Å². The second-order valence-corrected chi connectivity index (χ2v) is 5.83. The predicted octanol–water partition coefficient (Wildman–Crippen LogP) is 4.34. The Balaban J connectivity index is 2.29. The summed E-state index contributed by atoms with van der Waals surface area (Å²) in [4.78, 5) is 4.14. The van der Waals surface area contributed by atoms with Crippen LogP contribution in [0.15, 0.2) is 28.8 Å². The summed E-state index contributed by atoms with van der Waals surface area (Å²) in [5.41, 5.74) is -0.479. The average molecular weight is 284 g/mol. The Morgan fingerprint density at radius 2 is 1.85 bits per heavy atom. The topological polar surface area (TPSA) is 38.9 Å². The molecule has 0 bridgehead atoms. The van der Waals surface area contributed by atoms with Crippen molar-refractivity contribution in [3.8, 4) is 11.5 Å². The van der Waals surface area contributed by atoms with Gasteiger partial charge in [0.1, 0.15) is 0 Å². The molecular weight excluding hydrogens is 269 g/mol. The first-order valence-electron chi connectivity index (χ1n) is 6.15. The van der Waals surface area contributed by atoms with Crippen LogP contribution >= 0.6 is 0 Å². The van der Waals surface area contributed by atoms with E-state index in [0.29, 0.717) is 12.2 Å². The summed E-state index contributed by atoms with van der Waals surface area (Å²) in [5.74, 6) is 0.597. The first-order chi connectivity index (χ1) is 9.15. The lowest BCUT2D eigenvalue weighted by molar-refractivity contribution is -0.137. The van der Waals surface area contributed by atoms with Gasteiger partial charge in [-0.3, -0.25) is 0 Å². The molecule has 0 aliphatic heterocycles. The van der Waals surface area contributed by atoms with Gasteiger partial charge in [0.2, 0.25) is 0 Å². The highest BCUT2D eigenvalue weighted by molar-refractivity contribution is 5.54. The highest BCUT2D eigenvalue weighted by atomic mass is 19.4. The SMILES string of the molecule is CC(C)(C)Cc1noc(-c2cccc(C(F)(F)F)c2)n1. The molecule has 0 saturated heterocycles. The molecule has 0 N–H and O–H groups in total. The van der Waals surface area contributed by atoms with Gasteiger partial charge in [0.25, 0.3) is 5.89 Å². The summed E-state index contributed by atoms with van der Waals surface area (Å²) in [6, 6.07) is 4.86. The first-order valence-corrected chi connectivity index (χ1v) is 6.15. The van der Waals surface area contributed by atoms with Gasteiger partial charge in [-0.15, -0.1) is 0 Å². The lowest BCUT2D eigenvalue weighted by atomic mass is 9.92. The Morgan fingerprint density at radius 1 is 1.15 bits per heavy atom. The monoisotopic (exact) mass is 284 g/mol. The van der Waals surface area contributed by atoms with Gasteiger partial charge in [-0.1, -0.05) is 32.0 Å². The highest BCUT2D eigenvalue weighted by Gasteiger charge is 2.31. The highest BCUT2D eigenvalue weighted by Crippen LogP contribution is 2.32. The van der Waals surface area contributed by atoms with Crippen LogP contribution in [0.3, 0.4) is 0 Å². The zero-order valence-electron chi connectivity index (χ0n) is 11.5. The zero-order chi connectivity index (χ0) is 15.0. The van der Waals surface area contributed by atoms with Crippen LogP contribution in [0.2, 0.25) is 0 Å². The second kappa shape index (κ2) is 4.92. The maximum Gasteiger partial charge on any atom is 0.416 e. The Bertz CT molecular complexity index is 597. The van der Waals surface area contributed by atoms with Crippen LogP contribution in [-0.2, 0) is 12.6 Å². The Hall–Kier alpha value is -1.85. The largest absolute Gasteiger partial charge is 0.416 e. The van der Waals surface area contributed by atoms with E-state index >= 15 is 0 Å². The summed E-state index contributed by atoms with van der Waals surface area (Å²) in [7, 11) is 0. The van der Waals surface area contributed by atoms with Crippen LogP contribution in [0, 0.1) is 5.41 Å². The van der Waals surface area contributed by atoms with E-state index in [4.69, 9.17) is 4.52 Å². The number of benzene rings is 1. The van der Waals surface area contributed by atoms with Crippen molar-refractivity contribution in [2.24, 2.45) is 5.41 Å². The van der Waals surface area contributed by atoms with Crippen LogP contribution in [0.4, 0.5) is 13.2 Å². The van der Waals surface area contributed by atoms with E-state index in [2.05, 4.69) is 10.1 Å². The van der Waals surface area contributed by atoms with Gasteiger partial charge in [0.05, 0.1) is 5.56 Å². The molecule has 108 valence electrons. The molecule has 0 spiro atoms. The molecule has 0 amide bonds. The van der Waals surface area contributed by atoms with Crippen molar-refractivity contribution in [1.82, 2.24) is 10.1 Å². The van der Waals surface area contributed by atoms with Gasteiger partial charge in [0, 0.05) is 12.0 Å². The number of rotatable bonds is 2. The lowest BCUT2D eigenvalue weighted by Crippen LogP contribution is -2.10. The molecule has 0 unspecified atom stereocenters. The van der Waals surface area contributed by atoms with Crippen LogP contribution in [0.1, 0.15) is 32.2 Å². The molecule has 1 aromatic heterocycles. The van der Waals surface area contributed by atoms with Crippen LogP contribution in [0.5, 0.6) is 0 Å². The van der Waals surface area contributed by atoms with Gasteiger partial charge in [-0.05, 0) is 23.6 Å². The Kier molecular flexibility index (Phi) is 3.58. The van der Waals surface area contributed by atoms with Crippen molar-refractivity contribution in [1.29, 1.82) is 0 Å². The molecule has 0 saturated carbocycles. The zero-order valence-corrected chi connectivity index (χ0v) is 11.5. The van der Waals surface area contributed by atoms with E-state index in [9.17, 15) is 13.2 Å². The molecule has 1 aromatic carbocycles. The van der Waals surface area contributed by atoms with E-state index in [1.165, 1.54) is 12.1 Å². The molecule has 6 heteroatoms. The molecule has 0 atom stereocenters. The fourth-order valence-electron chi connectivity index (χ4n) is 1.75. The summed E-state index contributed by atoms with van der Waals surface area (Å²) in [6.45, 7) is 6.06. The summed E-state index contributed by atoms with van der Waals surface area (Å²) in [5, 5.41) is 3.80. The third-order valence-electron chi connectivity index (χ3n) is 2.59. The van der Waals surface area contributed by atoms with Gasteiger partial charge < -0.3 is 4.52 Å². The Morgan fingerprint density at radius 3 is 2.45 bits per heavy atom. The van der Waals surface area contributed by atoms with E-state index in [1.807, 2.05) is 20.8 Å². The smallest absolute Gasteiger partial charge is 0.334 e. The summed E-state index contributed by atoms with van der Waals surface area (Å²) < 4.78 is 43.0. The number of halogens is 3. The van der Waals surface area contributed by atoms with Crippen molar-refractivity contribution in [3.63, 3.8) is 0 Å². The van der Waals surface area contributed by atoms with Crippen molar-refractivity contribution < 1.29 is 17.7 Å². The van der Waals surface area contributed by atoms with Gasteiger partial charge in [0.15, 0.2) is 5.82 Å². The number of alkyl halides is 3. The van der Waals surface area contributed by atoms with Crippen LogP contribution < -0.4 is 0 Å². The maximum atomic E-state index is 12.6. The molecule has 1 heterocycles. The maximum absolute atomic E-state index is 12.6.